The molecule has 138 valence electrons. The third-order valence-electron chi connectivity index (χ3n) is 4.19. The summed E-state index contributed by atoms with van der Waals surface area (Å²) in [5.41, 5.74) is 4.25. The monoisotopic (exact) mass is 382 g/mol. The normalized spacial score (nSPS) is 10.7. The molecule has 0 fully saturated rings. The van der Waals surface area contributed by atoms with Crippen LogP contribution in [-0.2, 0) is 9.53 Å². The molecule has 6 heteroatoms. The summed E-state index contributed by atoms with van der Waals surface area (Å²) >= 11 is 6.00. The largest absolute Gasteiger partial charge is 0.452 e. The van der Waals surface area contributed by atoms with Crippen molar-refractivity contribution >= 4 is 40.1 Å². The molecule has 1 aromatic heterocycles. The van der Waals surface area contributed by atoms with Gasteiger partial charge in [0.1, 0.15) is 0 Å². The van der Waals surface area contributed by atoms with E-state index in [1.807, 2.05) is 32.0 Å². The second-order valence-electron chi connectivity index (χ2n) is 6.40. The lowest BCUT2D eigenvalue weighted by Gasteiger charge is -2.11. The van der Waals surface area contributed by atoms with Gasteiger partial charge < -0.3 is 10.1 Å². The van der Waals surface area contributed by atoms with Gasteiger partial charge in [-0.1, -0.05) is 23.7 Å². The van der Waals surface area contributed by atoms with Gasteiger partial charge in [-0.2, -0.15) is 0 Å². The number of benzene rings is 2. The second kappa shape index (κ2) is 7.76. The Balaban J connectivity index is 1.70. The number of carbonyl (C=O) groups is 2. The first-order chi connectivity index (χ1) is 12.8. The van der Waals surface area contributed by atoms with Gasteiger partial charge >= 0.3 is 5.97 Å². The summed E-state index contributed by atoms with van der Waals surface area (Å²) in [5, 5.41) is 4.05. The van der Waals surface area contributed by atoms with E-state index in [0.29, 0.717) is 22.0 Å². The lowest BCUT2D eigenvalue weighted by Crippen LogP contribution is -2.22. The maximum absolute atomic E-state index is 12.4. The van der Waals surface area contributed by atoms with E-state index < -0.39 is 11.9 Å². The molecule has 5 nitrogen and oxygen atoms in total. The predicted octanol–water partition coefficient (Wildman–Crippen LogP) is 4.61. The number of carbonyl (C=O) groups excluding carboxylic acids is 2. The minimum atomic E-state index is -0.599. The Kier molecular flexibility index (Phi) is 5.42. The van der Waals surface area contributed by atoms with Crippen molar-refractivity contribution in [2.45, 2.75) is 20.8 Å². The Morgan fingerprint density at radius 2 is 1.85 bits per heavy atom. The molecule has 0 aliphatic carbocycles. The van der Waals surface area contributed by atoms with Crippen molar-refractivity contribution < 1.29 is 14.3 Å². The summed E-state index contributed by atoms with van der Waals surface area (Å²) in [4.78, 5) is 28.9. The van der Waals surface area contributed by atoms with Crippen LogP contribution >= 0.6 is 11.6 Å². The van der Waals surface area contributed by atoms with Crippen molar-refractivity contribution in [3.05, 3.63) is 69.9 Å². The minimum Gasteiger partial charge on any atom is -0.452 e. The average molecular weight is 383 g/mol. The molecule has 1 N–H and O–H groups in total. The van der Waals surface area contributed by atoms with E-state index in [1.165, 1.54) is 0 Å². The maximum atomic E-state index is 12.4. The van der Waals surface area contributed by atoms with Crippen LogP contribution in [0.15, 0.2) is 42.5 Å². The molecule has 0 saturated heterocycles. The lowest BCUT2D eigenvalue weighted by atomic mass is 10.1. The van der Waals surface area contributed by atoms with Crippen LogP contribution in [0.2, 0.25) is 5.02 Å². The highest BCUT2D eigenvalue weighted by Crippen LogP contribution is 2.21. The summed E-state index contributed by atoms with van der Waals surface area (Å²) < 4.78 is 5.17. The van der Waals surface area contributed by atoms with Gasteiger partial charge in [0.25, 0.3) is 5.91 Å². The van der Waals surface area contributed by atoms with Crippen molar-refractivity contribution in [1.82, 2.24) is 4.98 Å². The molecule has 0 atom stereocenters. The number of halogens is 1. The molecule has 0 bridgehead atoms. The topological polar surface area (TPSA) is 68.3 Å². The van der Waals surface area contributed by atoms with Crippen molar-refractivity contribution in [2.24, 2.45) is 0 Å². The minimum absolute atomic E-state index is 0.310. The highest BCUT2D eigenvalue weighted by molar-refractivity contribution is 6.31. The number of hydrogen-bond acceptors (Lipinski definition) is 4. The first-order valence-electron chi connectivity index (χ1n) is 8.44. The standard InChI is InChI=1S/C21H19ClN2O3/c1-12-4-5-13(2)19(8-12)24-20(25)11-27-21(26)17-10-15-9-16(22)6-7-18(15)23-14(17)3/h4-10H,11H2,1-3H3,(H,24,25). The van der Waals surface area contributed by atoms with Gasteiger partial charge in [0.2, 0.25) is 0 Å². The Bertz CT molecular complexity index is 1050. The van der Waals surface area contributed by atoms with Crippen LogP contribution in [0.1, 0.15) is 27.2 Å². The number of esters is 1. The van der Waals surface area contributed by atoms with E-state index >= 15 is 0 Å². The van der Waals surface area contributed by atoms with E-state index in [-0.39, 0.29) is 6.61 Å². The van der Waals surface area contributed by atoms with E-state index in [1.54, 1.807) is 31.2 Å². The fourth-order valence-corrected chi connectivity index (χ4v) is 2.90. The van der Waals surface area contributed by atoms with Crippen LogP contribution in [0.25, 0.3) is 10.9 Å². The molecule has 1 amide bonds. The molecule has 0 radical (unpaired) electrons. The first kappa shape index (κ1) is 18.9. The van der Waals surface area contributed by atoms with E-state index in [2.05, 4.69) is 10.3 Å². The molecule has 0 unspecified atom stereocenters. The summed E-state index contributed by atoms with van der Waals surface area (Å²) in [7, 11) is 0. The summed E-state index contributed by atoms with van der Waals surface area (Å²) in [6.45, 7) is 5.19. The highest BCUT2D eigenvalue weighted by atomic mass is 35.5. The van der Waals surface area contributed by atoms with Gasteiger partial charge in [0.05, 0.1) is 16.8 Å². The summed E-state index contributed by atoms with van der Waals surface area (Å²) in [5.74, 6) is -0.996. The maximum Gasteiger partial charge on any atom is 0.340 e. The van der Waals surface area contributed by atoms with Gasteiger partial charge in [-0.25, -0.2) is 4.79 Å². The number of rotatable bonds is 4. The van der Waals surface area contributed by atoms with Crippen LogP contribution < -0.4 is 5.32 Å². The van der Waals surface area contributed by atoms with Gasteiger partial charge in [-0.15, -0.1) is 0 Å². The lowest BCUT2D eigenvalue weighted by molar-refractivity contribution is -0.119. The van der Waals surface area contributed by atoms with Crippen molar-refractivity contribution in [1.29, 1.82) is 0 Å². The average Bonchev–Trinajstić information content (AvgIpc) is 2.62. The molecule has 27 heavy (non-hydrogen) atoms. The number of ether oxygens (including phenoxy) is 1. The highest BCUT2D eigenvalue weighted by Gasteiger charge is 2.15. The number of pyridine rings is 1. The number of aryl methyl sites for hydroxylation is 3. The second-order valence-corrected chi connectivity index (χ2v) is 6.84. The Labute approximate surface area is 162 Å². The van der Waals surface area contributed by atoms with Gasteiger partial charge in [0.15, 0.2) is 6.61 Å². The predicted molar refractivity (Wildman–Crippen MR) is 106 cm³/mol. The molecule has 0 aliphatic heterocycles. The molecule has 0 spiro atoms. The smallest absolute Gasteiger partial charge is 0.340 e. The SMILES string of the molecule is Cc1ccc(C)c(NC(=O)COC(=O)c2cc3cc(Cl)ccc3nc2C)c1. The number of hydrogen-bond donors (Lipinski definition) is 1. The van der Waals surface area contributed by atoms with Crippen LogP contribution in [-0.4, -0.2) is 23.5 Å². The fourth-order valence-electron chi connectivity index (χ4n) is 2.72. The molecule has 0 saturated carbocycles. The number of aromatic nitrogens is 1. The van der Waals surface area contributed by atoms with Crippen LogP contribution in [0.4, 0.5) is 5.69 Å². The van der Waals surface area contributed by atoms with Crippen LogP contribution in [0, 0.1) is 20.8 Å². The zero-order chi connectivity index (χ0) is 19.6. The van der Waals surface area contributed by atoms with Crippen molar-refractivity contribution in [2.75, 3.05) is 11.9 Å². The number of fused-ring (bicyclic) bond motifs is 1. The van der Waals surface area contributed by atoms with Gasteiger partial charge in [0, 0.05) is 16.1 Å². The molecule has 3 aromatic rings. The molecular formula is C21H19ClN2O3. The molecule has 3 rings (SSSR count). The first-order valence-corrected chi connectivity index (χ1v) is 8.82. The molecule has 0 aliphatic rings. The fraction of sp³-hybridized carbons (Fsp3) is 0.190. The third-order valence-corrected chi connectivity index (χ3v) is 4.42. The number of anilines is 1. The van der Waals surface area contributed by atoms with Crippen molar-refractivity contribution in [3.8, 4) is 0 Å². The molecule has 2 aromatic carbocycles. The number of nitrogens with zero attached hydrogens (tertiary/aromatic N) is 1. The molecule has 1 heterocycles. The molecular weight excluding hydrogens is 364 g/mol. The summed E-state index contributed by atoms with van der Waals surface area (Å²) in [6, 6.07) is 12.7. The Morgan fingerprint density at radius 3 is 2.63 bits per heavy atom. The van der Waals surface area contributed by atoms with E-state index in [4.69, 9.17) is 16.3 Å². The van der Waals surface area contributed by atoms with E-state index in [0.717, 1.165) is 22.0 Å². The third kappa shape index (κ3) is 4.44. The van der Waals surface area contributed by atoms with E-state index in [9.17, 15) is 9.59 Å². The van der Waals surface area contributed by atoms with Gasteiger partial charge in [-0.05, 0) is 62.2 Å². The zero-order valence-electron chi connectivity index (χ0n) is 15.3. The van der Waals surface area contributed by atoms with Crippen LogP contribution in [0.5, 0.6) is 0 Å². The number of nitrogens with one attached hydrogen (secondary N) is 1. The summed E-state index contributed by atoms with van der Waals surface area (Å²) in [6.07, 6.45) is 0. The van der Waals surface area contributed by atoms with Crippen molar-refractivity contribution in [3.63, 3.8) is 0 Å². The Hall–Kier alpha value is -2.92. The van der Waals surface area contributed by atoms with Gasteiger partial charge in [-0.3, -0.25) is 9.78 Å². The zero-order valence-corrected chi connectivity index (χ0v) is 16.1. The number of amides is 1. The quantitative estimate of drug-likeness (QED) is 0.669. The van der Waals surface area contributed by atoms with Crippen LogP contribution in [0.3, 0.4) is 0 Å². The Morgan fingerprint density at radius 1 is 1.07 bits per heavy atom.